The first kappa shape index (κ1) is 7.28. The van der Waals surface area contributed by atoms with E-state index in [-0.39, 0.29) is 0 Å². The molecular weight excluding hydrogens is 128 g/mol. The Morgan fingerprint density at radius 1 is 1.70 bits per heavy atom. The monoisotopic (exact) mass is 140 g/mol. The zero-order valence-corrected chi connectivity index (χ0v) is 6.35. The van der Waals surface area contributed by atoms with Crippen molar-refractivity contribution in [3.8, 4) is 0 Å². The molecule has 0 saturated heterocycles. The highest BCUT2D eigenvalue weighted by atomic mass is 16.5. The lowest BCUT2D eigenvalue weighted by Crippen LogP contribution is -2.11. The van der Waals surface area contributed by atoms with Gasteiger partial charge < -0.3 is 9.84 Å². The fraction of sp³-hybridized carbons (Fsp3) is 0.571. The van der Waals surface area contributed by atoms with Crippen molar-refractivity contribution in [3.05, 3.63) is 17.5 Å². The molecule has 0 spiro atoms. The molecule has 3 nitrogen and oxygen atoms in total. The van der Waals surface area contributed by atoms with Crippen LogP contribution in [0.2, 0.25) is 0 Å². The lowest BCUT2D eigenvalue weighted by molar-refractivity contribution is 0.395. The molecule has 1 N–H and O–H groups in total. The number of hydrogen-bond donors (Lipinski definition) is 1. The van der Waals surface area contributed by atoms with Gasteiger partial charge >= 0.3 is 0 Å². The Morgan fingerprint density at radius 2 is 2.50 bits per heavy atom. The van der Waals surface area contributed by atoms with Gasteiger partial charge in [-0.15, -0.1) is 0 Å². The number of hydrogen-bond acceptors (Lipinski definition) is 3. The van der Waals surface area contributed by atoms with Crippen LogP contribution in [0.15, 0.2) is 10.7 Å². The molecule has 1 aromatic heterocycles. The van der Waals surface area contributed by atoms with Crippen molar-refractivity contribution in [1.82, 2.24) is 10.5 Å². The number of aryl methyl sites for hydroxylation is 1. The van der Waals surface area contributed by atoms with E-state index >= 15 is 0 Å². The minimum atomic E-state index is 0.853. The summed E-state index contributed by atoms with van der Waals surface area (Å²) in [5.41, 5.74) is 1.14. The highest BCUT2D eigenvalue weighted by Crippen LogP contribution is 2.03. The van der Waals surface area contributed by atoms with E-state index < -0.39 is 0 Å². The van der Waals surface area contributed by atoms with Gasteiger partial charge in [0.15, 0.2) is 0 Å². The number of nitrogens with zero attached hydrogens (tertiary/aromatic N) is 1. The van der Waals surface area contributed by atoms with Crippen LogP contribution in [0.1, 0.15) is 18.2 Å². The van der Waals surface area contributed by atoms with Crippen LogP contribution in [0.4, 0.5) is 0 Å². The predicted molar refractivity (Wildman–Crippen MR) is 38.6 cm³/mol. The molecule has 0 aliphatic carbocycles. The van der Waals surface area contributed by atoms with Gasteiger partial charge in [-0.1, -0.05) is 12.1 Å². The Bertz CT molecular complexity index is 195. The van der Waals surface area contributed by atoms with Crippen LogP contribution in [0.3, 0.4) is 0 Å². The number of nitrogens with one attached hydrogen (secondary N) is 1. The molecule has 3 heteroatoms. The van der Waals surface area contributed by atoms with Gasteiger partial charge in [-0.3, -0.25) is 0 Å². The van der Waals surface area contributed by atoms with Crippen LogP contribution in [-0.2, 0) is 6.54 Å². The van der Waals surface area contributed by atoms with Crippen molar-refractivity contribution >= 4 is 0 Å². The molecule has 10 heavy (non-hydrogen) atoms. The van der Waals surface area contributed by atoms with Gasteiger partial charge in [-0.2, -0.15) is 0 Å². The van der Waals surface area contributed by atoms with E-state index in [2.05, 4.69) is 17.4 Å². The molecule has 0 aliphatic heterocycles. The molecule has 0 fully saturated rings. The summed E-state index contributed by atoms with van der Waals surface area (Å²) >= 11 is 0. The number of aromatic nitrogens is 1. The molecule has 1 heterocycles. The molecule has 0 aliphatic rings. The second-order valence-corrected chi connectivity index (χ2v) is 2.19. The van der Waals surface area contributed by atoms with Crippen LogP contribution < -0.4 is 5.32 Å². The van der Waals surface area contributed by atoms with E-state index in [1.54, 1.807) is 6.20 Å². The topological polar surface area (TPSA) is 38.1 Å². The fourth-order valence-corrected chi connectivity index (χ4v) is 0.748. The van der Waals surface area contributed by atoms with Gasteiger partial charge in [-0.05, 0) is 13.5 Å². The average Bonchev–Trinajstić information content (AvgIpc) is 2.31. The Hall–Kier alpha value is -0.830. The molecule has 1 aromatic rings. The third-order valence-corrected chi connectivity index (χ3v) is 1.42. The highest BCUT2D eigenvalue weighted by molar-refractivity contribution is 5.10. The summed E-state index contributed by atoms with van der Waals surface area (Å²) in [7, 11) is 0. The van der Waals surface area contributed by atoms with Crippen LogP contribution in [0, 0.1) is 6.92 Å². The summed E-state index contributed by atoms with van der Waals surface area (Å²) in [5, 5.41) is 6.85. The normalized spacial score (nSPS) is 10.2. The van der Waals surface area contributed by atoms with Crippen LogP contribution in [-0.4, -0.2) is 11.7 Å². The Morgan fingerprint density at radius 3 is 3.00 bits per heavy atom. The lowest BCUT2D eigenvalue weighted by atomic mass is 10.3. The van der Waals surface area contributed by atoms with Crippen LogP contribution in [0.25, 0.3) is 0 Å². The van der Waals surface area contributed by atoms with Crippen LogP contribution in [0.5, 0.6) is 0 Å². The van der Waals surface area contributed by atoms with E-state index in [1.165, 1.54) is 0 Å². The summed E-state index contributed by atoms with van der Waals surface area (Å²) in [5.74, 6) is 0.904. The smallest absolute Gasteiger partial charge is 0.138 e. The van der Waals surface area contributed by atoms with E-state index in [1.807, 2.05) is 6.92 Å². The average molecular weight is 140 g/mol. The molecule has 0 atom stereocenters. The maximum absolute atomic E-state index is 4.87. The van der Waals surface area contributed by atoms with Crippen molar-refractivity contribution in [2.45, 2.75) is 20.4 Å². The Kier molecular flexibility index (Phi) is 2.45. The summed E-state index contributed by atoms with van der Waals surface area (Å²) in [4.78, 5) is 0. The second kappa shape index (κ2) is 3.37. The SMILES string of the molecule is CCNCc1cnoc1C. The van der Waals surface area contributed by atoms with Gasteiger partial charge in [0.1, 0.15) is 5.76 Å². The third kappa shape index (κ3) is 1.57. The molecule has 0 unspecified atom stereocenters. The van der Waals surface area contributed by atoms with Crippen LogP contribution >= 0.6 is 0 Å². The van der Waals surface area contributed by atoms with E-state index in [4.69, 9.17) is 4.52 Å². The van der Waals surface area contributed by atoms with E-state index in [0.29, 0.717) is 0 Å². The van der Waals surface area contributed by atoms with Gasteiger partial charge in [0.05, 0.1) is 6.20 Å². The Labute approximate surface area is 60.4 Å². The first-order chi connectivity index (χ1) is 4.84. The van der Waals surface area contributed by atoms with Crippen molar-refractivity contribution in [3.63, 3.8) is 0 Å². The molecule has 0 amide bonds. The molecule has 56 valence electrons. The van der Waals surface area contributed by atoms with E-state index in [9.17, 15) is 0 Å². The second-order valence-electron chi connectivity index (χ2n) is 2.19. The van der Waals surface area contributed by atoms with Gasteiger partial charge in [0, 0.05) is 12.1 Å². The molecular formula is C7H12N2O. The minimum absolute atomic E-state index is 0.853. The Balaban J connectivity index is 2.49. The largest absolute Gasteiger partial charge is 0.361 e. The van der Waals surface area contributed by atoms with E-state index in [0.717, 1.165) is 24.4 Å². The first-order valence-corrected chi connectivity index (χ1v) is 3.45. The predicted octanol–water partition coefficient (Wildman–Crippen LogP) is 1.09. The quantitative estimate of drug-likeness (QED) is 0.683. The molecule has 0 saturated carbocycles. The fourth-order valence-electron chi connectivity index (χ4n) is 0.748. The zero-order valence-electron chi connectivity index (χ0n) is 6.35. The molecule has 0 aromatic carbocycles. The lowest BCUT2D eigenvalue weighted by Gasteiger charge is -1.96. The van der Waals surface area contributed by atoms with Gasteiger partial charge in [0.25, 0.3) is 0 Å². The summed E-state index contributed by atoms with van der Waals surface area (Å²) < 4.78 is 4.87. The summed E-state index contributed by atoms with van der Waals surface area (Å²) in [6, 6.07) is 0. The van der Waals surface area contributed by atoms with Gasteiger partial charge in [-0.25, -0.2) is 0 Å². The standard InChI is InChI=1S/C7H12N2O/c1-3-8-4-7-5-9-10-6(7)2/h5,8H,3-4H2,1-2H3. The number of rotatable bonds is 3. The third-order valence-electron chi connectivity index (χ3n) is 1.42. The maximum Gasteiger partial charge on any atom is 0.138 e. The first-order valence-electron chi connectivity index (χ1n) is 3.45. The van der Waals surface area contributed by atoms with Crippen molar-refractivity contribution in [1.29, 1.82) is 0 Å². The molecule has 0 bridgehead atoms. The minimum Gasteiger partial charge on any atom is -0.361 e. The molecule has 1 rings (SSSR count). The summed E-state index contributed by atoms with van der Waals surface area (Å²) in [6.07, 6.45) is 1.75. The summed E-state index contributed by atoms with van der Waals surface area (Å²) in [6.45, 7) is 5.82. The van der Waals surface area contributed by atoms with Crippen molar-refractivity contribution in [2.75, 3.05) is 6.54 Å². The highest BCUT2D eigenvalue weighted by Gasteiger charge is 1.99. The molecule has 0 radical (unpaired) electrons. The maximum atomic E-state index is 4.87. The zero-order chi connectivity index (χ0) is 7.40. The van der Waals surface area contributed by atoms with Crippen molar-refractivity contribution in [2.24, 2.45) is 0 Å². The van der Waals surface area contributed by atoms with Crippen molar-refractivity contribution < 1.29 is 4.52 Å². The van der Waals surface area contributed by atoms with Gasteiger partial charge in [0.2, 0.25) is 0 Å².